The standard InChI is InChI=1S/C11H16N/c1-2-3-4-5-10-6-8-11(12)9-7-10/h4,6-9H,2-3,5,12H2,1H3. The van der Waals surface area contributed by atoms with E-state index >= 15 is 0 Å². The second kappa shape index (κ2) is 4.81. The molecule has 0 spiro atoms. The third-order valence-corrected chi connectivity index (χ3v) is 1.85. The predicted octanol–water partition coefficient (Wildman–Crippen LogP) is 2.82. The van der Waals surface area contributed by atoms with Crippen LogP contribution >= 0.6 is 0 Å². The monoisotopic (exact) mass is 162 g/mol. The first-order chi connectivity index (χ1) is 5.83. The van der Waals surface area contributed by atoms with Crippen LogP contribution in [0.15, 0.2) is 24.3 Å². The number of hydrogen-bond acceptors (Lipinski definition) is 1. The van der Waals surface area contributed by atoms with Crippen molar-refractivity contribution in [2.45, 2.75) is 26.2 Å². The Bertz CT molecular complexity index is 213. The van der Waals surface area contributed by atoms with Gasteiger partial charge in [0.05, 0.1) is 0 Å². The van der Waals surface area contributed by atoms with Crippen molar-refractivity contribution < 1.29 is 0 Å². The smallest absolute Gasteiger partial charge is 0.0314 e. The Morgan fingerprint density at radius 3 is 2.50 bits per heavy atom. The van der Waals surface area contributed by atoms with E-state index in [1.54, 1.807) is 0 Å². The zero-order chi connectivity index (χ0) is 8.81. The molecule has 1 aromatic carbocycles. The second-order valence-corrected chi connectivity index (χ2v) is 3.02. The van der Waals surface area contributed by atoms with Gasteiger partial charge in [-0.2, -0.15) is 0 Å². The van der Waals surface area contributed by atoms with E-state index < -0.39 is 0 Å². The predicted molar refractivity (Wildman–Crippen MR) is 53.8 cm³/mol. The summed E-state index contributed by atoms with van der Waals surface area (Å²) in [7, 11) is 0. The quantitative estimate of drug-likeness (QED) is 0.534. The average molecular weight is 162 g/mol. The van der Waals surface area contributed by atoms with E-state index in [4.69, 9.17) is 5.73 Å². The number of nitrogen functional groups attached to an aromatic ring is 1. The molecule has 0 atom stereocenters. The van der Waals surface area contributed by atoms with Crippen LogP contribution in [0.25, 0.3) is 0 Å². The van der Waals surface area contributed by atoms with Gasteiger partial charge in [0.2, 0.25) is 0 Å². The molecule has 0 saturated heterocycles. The molecule has 65 valence electrons. The number of unbranched alkanes of at least 4 members (excludes halogenated alkanes) is 2. The lowest BCUT2D eigenvalue weighted by Gasteiger charge is -1.99. The van der Waals surface area contributed by atoms with Gasteiger partial charge in [-0.1, -0.05) is 31.9 Å². The van der Waals surface area contributed by atoms with Gasteiger partial charge in [0.1, 0.15) is 0 Å². The summed E-state index contributed by atoms with van der Waals surface area (Å²) in [6, 6.07) is 8.08. The number of anilines is 1. The minimum Gasteiger partial charge on any atom is -0.399 e. The van der Waals surface area contributed by atoms with Crippen molar-refractivity contribution in [3.63, 3.8) is 0 Å². The summed E-state index contributed by atoms with van der Waals surface area (Å²) in [5.41, 5.74) is 7.76. The molecule has 0 bridgehead atoms. The van der Waals surface area contributed by atoms with Gasteiger partial charge < -0.3 is 5.73 Å². The zero-order valence-corrected chi connectivity index (χ0v) is 7.59. The maximum absolute atomic E-state index is 5.57. The molecule has 0 fully saturated rings. The number of hydrogen-bond donors (Lipinski definition) is 1. The summed E-state index contributed by atoms with van der Waals surface area (Å²) in [5.74, 6) is 0. The molecule has 0 aliphatic rings. The molecule has 12 heavy (non-hydrogen) atoms. The van der Waals surface area contributed by atoms with Gasteiger partial charge in [0.25, 0.3) is 0 Å². The summed E-state index contributed by atoms with van der Waals surface area (Å²) in [5, 5.41) is 0. The number of nitrogens with two attached hydrogens (primary N) is 1. The normalized spacial score (nSPS) is 10.1. The molecule has 1 rings (SSSR count). The largest absolute Gasteiger partial charge is 0.399 e. The first kappa shape index (κ1) is 9.11. The third kappa shape index (κ3) is 2.95. The highest BCUT2D eigenvalue weighted by Crippen LogP contribution is 2.08. The van der Waals surface area contributed by atoms with Crippen molar-refractivity contribution in [2.75, 3.05) is 5.73 Å². The maximum atomic E-state index is 5.57. The van der Waals surface area contributed by atoms with E-state index in [1.165, 1.54) is 18.4 Å². The van der Waals surface area contributed by atoms with Crippen molar-refractivity contribution in [3.05, 3.63) is 36.2 Å². The minimum atomic E-state index is 0.842. The fraction of sp³-hybridized carbons (Fsp3) is 0.364. The zero-order valence-electron chi connectivity index (χ0n) is 7.59. The molecule has 2 N–H and O–H groups in total. The van der Waals surface area contributed by atoms with Gasteiger partial charge in [-0.15, -0.1) is 0 Å². The summed E-state index contributed by atoms with van der Waals surface area (Å²) >= 11 is 0. The van der Waals surface area contributed by atoms with Gasteiger partial charge >= 0.3 is 0 Å². The summed E-state index contributed by atoms with van der Waals surface area (Å²) in [6.07, 6.45) is 5.80. The van der Waals surface area contributed by atoms with Crippen molar-refractivity contribution in [1.29, 1.82) is 0 Å². The molecular weight excluding hydrogens is 146 g/mol. The van der Waals surface area contributed by atoms with Crippen LogP contribution in [0.5, 0.6) is 0 Å². The Hall–Kier alpha value is -0.980. The maximum Gasteiger partial charge on any atom is 0.0314 e. The molecule has 0 aliphatic heterocycles. The van der Waals surface area contributed by atoms with E-state index in [2.05, 4.69) is 25.5 Å². The molecule has 1 nitrogen and oxygen atoms in total. The van der Waals surface area contributed by atoms with Crippen molar-refractivity contribution in [3.8, 4) is 0 Å². The molecule has 0 aromatic heterocycles. The van der Waals surface area contributed by atoms with Crippen LogP contribution in [-0.4, -0.2) is 0 Å². The van der Waals surface area contributed by atoms with E-state index in [-0.39, 0.29) is 0 Å². The van der Waals surface area contributed by atoms with Crippen molar-refractivity contribution in [2.24, 2.45) is 0 Å². The SMILES string of the molecule is CCC[CH]Cc1ccc(N)cc1. The Kier molecular flexibility index (Phi) is 3.65. The summed E-state index contributed by atoms with van der Waals surface area (Å²) in [6.45, 7) is 2.19. The molecule has 0 amide bonds. The topological polar surface area (TPSA) is 26.0 Å². The third-order valence-electron chi connectivity index (χ3n) is 1.85. The average Bonchev–Trinajstić information content (AvgIpc) is 2.09. The number of benzene rings is 1. The van der Waals surface area contributed by atoms with Gasteiger partial charge in [-0.25, -0.2) is 0 Å². The van der Waals surface area contributed by atoms with Crippen LogP contribution in [0.2, 0.25) is 0 Å². The number of rotatable bonds is 4. The highest BCUT2D eigenvalue weighted by atomic mass is 14.5. The van der Waals surface area contributed by atoms with Crippen LogP contribution in [-0.2, 0) is 6.42 Å². The van der Waals surface area contributed by atoms with E-state index in [0.29, 0.717) is 0 Å². The molecule has 1 heteroatoms. The fourth-order valence-corrected chi connectivity index (χ4v) is 1.13. The molecule has 0 saturated carbocycles. The molecule has 0 heterocycles. The van der Waals surface area contributed by atoms with E-state index in [9.17, 15) is 0 Å². The van der Waals surface area contributed by atoms with Crippen molar-refractivity contribution >= 4 is 5.69 Å². The summed E-state index contributed by atoms with van der Waals surface area (Å²) < 4.78 is 0. The second-order valence-electron chi connectivity index (χ2n) is 3.02. The van der Waals surface area contributed by atoms with Gasteiger partial charge in [0, 0.05) is 5.69 Å². The molecular formula is C11H16N. The first-order valence-electron chi connectivity index (χ1n) is 4.49. The lowest BCUT2D eigenvalue weighted by Crippen LogP contribution is -1.88. The van der Waals surface area contributed by atoms with Gasteiger partial charge in [-0.05, 0) is 30.5 Å². The van der Waals surface area contributed by atoms with Crippen LogP contribution in [0.4, 0.5) is 5.69 Å². The highest BCUT2D eigenvalue weighted by molar-refractivity contribution is 5.39. The highest BCUT2D eigenvalue weighted by Gasteiger charge is 1.91. The Balaban J connectivity index is 2.37. The minimum absolute atomic E-state index is 0.842. The van der Waals surface area contributed by atoms with E-state index in [0.717, 1.165) is 12.1 Å². The first-order valence-corrected chi connectivity index (χ1v) is 4.49. The van der Waals surface area contributed by atoms with Crippen LogP contribution in [0.3, 0.4) is 0 Å². The Morgan fingerprint density at radius 1 is 1.25 bits per heavy atom. The van der Waals surface area contributed by atoms with Gasteiger partial charge in [-0.3, -0.25) is 0 Å². The Morgan fingerprint density at radius 2 is 1.92 bits per heavy atom. The van der Waals surface area contributed by atoms with Crippen LogP contribution in [0.1, 0.15) is 25.3 Å². The van der Waals surface area contributed by atoms with E-state index in [1.807, 2.05) is 12.1 Å². The lowest BCUT2D eigenvalue weighted by molar-refractivity contribution is 0.864. The van der Waals surface area contributed by atoms with Crippen LogP contribution in [0, 0.1) is 6.42 Å². The molecule has 0 aliphatic carbocycles. The Labute approximate surface area is 74.6 Å². The van der Waals surface area contributed by atoms with Crippen LogP contribution < -0.4 is 5.73 Å². The van der Waals surface area contributed by atoms with Gasteiger partial charge in [0.15, 0.2) is 0 Å². The lowest BCUT2D eigenvalue weighted by atomic mass is 10.1. The molecule has 0 unspecified atom stereocenters. The molecule has 1 aromatic rings. The summed E-state index contributed by atoms with van der Waals surface area (Å²) in [4.78, 5) is 0. The fourth-order valence-electron chi connectivity index (χ4n) is 1.13. The van der Waals surface area contributed by atoms with Crippen molar-refractivity contribution in [1.82, 2.24) is 0 Å². The molecule has 1 radical (unpaired) electrons.